The van der Waals surface area contributed by atoms with Gasteiger partial charge in [0.05, 0.1) is 5.69 Å². The molecule has 2 heterocycles. The summed E-state index contributed by atoms with van der Waals surface area (Å²) in [5.74, 6) is 3.82. The molecule has 1 aromatic rings. The van der Waals surface area contributed by atoms with Gasteiger partial charge in [-0.2, -0.15) is 0 Å². The largest absolute Gasteiger partial charge is 0.328 e. The van der Waals surface area contributed by atoms with Crippen LogP contribution < -0.4 is 5.32 Å². The van der Waals surface area contributed by atoms with Gasteiger partial charge in [-0.15, -0.1) is 0 Å². The number of hydrogen-bond acceptors (Lipinski definition) is 2. The summed E-state index contributed by atoms with van der Waals surface area (Å²) in [7, 11) is 0. The van der Waals surface area contributed by atoms with E-state index in [4.69, 9.17) is 4.98 Å². The van der Waals surface area contributed by atoms with Gasteiger partial charge in [0.15, 0.2) is 0 Å². The minimum Gasteiger partial charge on any atom is -0.328 e. The Labute approximate surface area is 115 Å². The van der Waals surface area contributed by atoms with Crippen molar-refractivity contribution in [1.82, 2.24) is 14.9 Å². The summed E-state index contributed by atoms with van der Waals surface area (Å²) in [6, 6.07) is 0.784. The summed E-state index contributed by atoms with van der Waals surface area (Å²) >= 11 is 0. The van der Waals surface area contributed by atoms with Crippen LogP contribution in [0.4, 0.5) is 0 Å². The zero-order valence-electron chi connectivity index (χ0n) is 12.2. The van der Waals surface area contributed by atoms with Crippen molar-refractivity contribution in [2.45, 2.75) is 64.5 Å². The van der Waals surface area contributed by atoms with Crippen LogP contribution in [0.15, 0.2) is 0 Å². The molecule has 19 heavy (non-hydrogen) atoms. The number of fused-ring (bicyclic) bond motifs is 1. The van der Waals surface area contributed by atoms with E-state index in [1.807, 2.05) is 0 Å². The molecule has 0 aromatic carbocycles. The molecule has 3 heteroatoms. The Hall–Kier alpha value is -0.830. The molecule has 1 aromatic heterocycles. The minimum atomic E-state index is 0.547. The molecule has 0 spiro atoms. The van der Waals surface area contributed by atoms with Crippen molar-refractivity contribution < 1.29 is 0 Å². The van der Waals surface area contributed by atoms with Gasteiger partial charge >= 0.3 is 0 Å². The van der Waals surface area contributed by atoms with Crippen LogP contribution in [0, 0.1) is 11.8 Å². The maximum atomic E-state index is 4.99. The fourth-order valence-corrected chi connectivity index (χ4v) is 3.78. The van der Waals surface area contributed by atoms with E-state index >= 15 is 0 Å². The average molecular weight is 259 g/mol. The third-order valence-corrected chi connectivity index (χ3v) is 4.98. The van der Waals surface area contributed by atoms with Crippen LogP contribution >= 0.6 is 0 Å². The van der Waals surface area contributed by atoms with E-state index in [1.54, 1.807) is 5.69 Å². The Morgan fingerprint density at radius 3 is 2.42 bits per heavy atom. The highest BCUT2D eigenvalue weighted by molar-refractivity contribution is 5.24. The predicted molar refractivity (Wildman–Crippen MR) is 76.2 cm³/mol. The van der Waals surface area contributed by atoms with Gasteiger partial charge in [-0.05, 0) is 37.5 Å². The monoisotopic (exact) mass is 259 g/mol. The van der Waals surface area contributed by atoms with Crippen molar-refractivity contribution in [3.8, 4) is 0 Å². The van der Waals surface area contributed by atoms with Crippen molar-refractivity contribution in [3.63, 3.8) is 0 Å². The number of rotatable bonds is 4. The summed E-state index contributed by atoms with van der Waals surface area (Å²) in [6.45, 7) is 6.70. The highest BCUT2D eigenvalue weighted by Gasteiger charge is 2.44. The molecule has 0 atom stereocenters. The Kier molecular flexibility index (Phi) is 2.73. The Bertz CT molecular complexity index is 468. The molecule has 1 aliphatic heterocycles. The van der Waals surface area contributed by atoms with E-state index in [0.717, 1.165) is 31.0 Å². The van der Waals surface area contributed by atoms with Gasteiger partial charge in [0, 0.05) is 37.2 Å². The molecule has 0 unspecified atom stereocenters. The van der Waals surface area contributed by atoms with E-state index in [2.05, 4.69) is 23.7 Å². The van der Waals surface area contributed by atoms with E-state index in [9.17, 15) is 0 Å². The number of nitrogens with zero attached hydrogens (tertiary/aromatic N) is 2. The zero-order chi connectivity index (χ0) is 13.0. The highest BCUT2D eigenvalue weighted by Crippen LogP contribution is 2.53. The van der Waals surface area contributed by atoms with Gasteiger partial charge in [0.2, 0.25) is 0 Å². The Morgan fingerprint density at radius 2 is 1.84 bits per heavy atom. The summed E-state index contributed by atoms with van der Waals surface area (Å²) in [5, 5.41) is 3.47. The van der Waals surface area contributed by atoms with Gasteiger partial charge < -0.3 is 9.88 Å². The van der Waals surface area contributed by atoms with Crippen LogP contribution in [-0.4, -0.2) is 16.1 Å². The molecule has 1 N–H and O–H groups in total. The molecule has 2 fully saturated rings. The fourth-order valence-electron chi connectivity index (χ4n) is 3.78. The van der Waals surface area contributed by atoms with Crippen molar-refractivity contribution >= 4 is 0 Å². The van der Waals surface area contributed by atoms with E-state index < -0.39 is 0 Å². The first-order chi connectivity index (χ1) is 9.25. The second kappa shape index (κ2) is 4.34. The standard InChI is InChI=1S/C16H25N3/c1-10(2)16-18-13-9-17-8-7-14(13)19(16)15(11-3-4-11)12-5-6-12/h10-12,15,17H,3-9H2,1-2H3. The quantitative estimate of drug-likeness (QED) is 0.901. The van der Waals surface area contributed by atoms with Crippen LogP contribution in [0.1, 0.15) is 68.7 Å². The molecule has 3 nitrogen and oxygen atoms in total. The molecule has 4 rings (SSSR count). The van der Waals surface area contributed by atoms with Crippen LogP contribution in [0.2, 0.25) is 0 Å². The normalized spacial score (nSPS) is 23.2. The third-order valence-electron chi connectivity index (χ3n) is 4.98. The maximum Gasteiger partial charge on any atom is 0.112 e. The van der Waals surface area contributed by atoms with Crippen LogP contribution in [0.3, 0.4) is 0 Å². The maximum absolute atomic E-state index is 4.99. The van der Waals surface area contributed by atoms with E-state index in [-0.39, 0.29) is 0 Å². The Morgan fingerprint density at radius 1 is 1.16 bits per heavy atom. The molecule has 104 valence electrons. The minimum absolute atomic E-state index is 0.547. The summed E-state index contributed by atoms with van der Waals surface area (Å²) in [6.07, 6.45) is 6.96. The lowest BCUT2D eigenvalue weighted by Gasteiger charge is -2.26. The smallest absolute Gasteiger partial charge is 0.112 e. The van der Waals surface area contributed by atoms with E-state index in [1.165, 1.54) is 43.6 Å². The van der Waals surface area contributed by atoms with Crippen LogP contribution in [0.5, 0.6) is 0 Å². The second-order valence-corrected chi connectivity index (χ2v) is 6.98. The number of hydrogen-bond donors (Lipinski definition) is 1. The van der Waals surface area contributed by atoms with Gasteiger partial charge in [0.25, 0.3) is 0 Å². The number of aromatic nitrogens is 2. The van der Waals surface area contributed by atoms with Gasteiger partial charge in [-0.3, -0.25) is 0 Å². The molecule has 0 saturated heterocycles. The van der Waals surface area contributed by atoms with Gasteiger partial charge in [-0.1, -0.05) is 13.8 Å². The van der Waals surface area contributed by atoms with Crippen molar-refractivity contribution in [2.75, 3.05) is 6.54 Å². The Balaban J connectivity index is 1.81. The molecule has 0 amide bonds. The lowest BCUT2D eigenvalue weighted by Crippen LogP contribution is -2.27. The van der Waals surface area contributed by atoms with Gasteiger partial charge in [0.1, 0.15) is 5.82 Å². The van der Waals surface area contributed by atoms with Crippen LogP contribution in [0.25, 0.3) is 0 Å². The van der Waals surface area contributed by atoms with Crippen molar-refractivity contribution in [3.05, 3.63) is 17.2 Å². The highest BCUT2D eigenvalue weighted by atomic mass is 15.2. The molecule has 2 aliphatic carbocycles. The van der Waals surface area contributed by atoms with Crippen LogP contribution in [-0.2, 0) is 13.0 Å². The molecule has 0 radical (unpaired) electrons. The number of nitrogens with one attached hydrogen (secondary N) is 1. The number of imidazole rings is 1. The second-order valence-electron chi connectivity index (χ2n) is 6.98. The fraction of sp³-hybridized carbons (Fsp3) is 0.812. The lowest BCUT2D eigenvalue weighted by atomic mass is 10.0. The molecular weight excluding hydrogens is 234 g/mol. The zero-order valence-corrected chi connectivity index (χ0v) is 12.2. The molecule has 0 bridgehead atoms. The SMILES string of the molecule is CC(C)c1nc2c(n1C(C1CC1)C1CC1)CCNC2. The topological polar surface area (TPSA) is 29.9 Å². The predicted octanol–water partition coefficient (Wildman–Crippen LogP) is 3.01. The summed E-state index contributed by atoms with van der Waals surface area (Å²) < 4.78 is 2.70. The first-order valence-corrected chi connectivity index (χ1v) is 8.06. The first kappa shape index (κ1) is 12.0. The molecular formula is C16H25N3. The summed E-state index contributed by atoms with van der Waals surface area (Å²) in [4.78, 5) is 4.99. The average Bonchev–Trinajstić information content (AvgIpc) is 3.28. The molecule has 3 aliphatic rings. The van der Waals surface area contributed by atoms with Gasteiger partial charge in [-0.25, -0.2) is 4.98 Å². The first-order valence-electron chi connectivity index (χ1n) is 8.06. The lowest BCUT2D eigenvalue weighted by molar-refractivity contribution is 0.366. The van der Waals surface area contributed by atoms with E-state index in [0.29, 0.717) is 5.92 Å². The van der Waals surface area contributed by atoms with Crippen molar-refractivity contribution in [2.24, 2.45) is 11.8 Å². The summed E-state index contributed by atoms with van der Waals surface area (Å²) in [5.41, 5.74) is 2.90. The van der Waals surface area contributed by atoms with Crippen molar-refractivity contribution in [1.29, 1.82) is 0 Å². The third kappa shape index (κ3) is 2.03. The molecule has 2 saturated carbocycles.